The largest absolute Gasteiger partial charge is 0.472 e. The Morgan fingerprint density at radius 2 is 0.885 bits per heavy atom. The second-order valence-corrected chi connectivity index (χ2v) is 19.0. The highest BCUT2D eigenvalue weighted by molar-refractivity contribution is 7.47. The minimum Gasteiger partial charge on any atom is -0.457 e. The van der Waals surface area contributed by atoms with Crippen LogP contribution in [0.1, 0.15) is 251 Å². The molecule has 3 atom stereocenters. The van der Waals surface area contributed by atoms with Crippen LogP contribution in [0.4, 0.5) is 0 Å². The zero-order chi connectivity index (χ0) is 44.6. The number of carbonyl (C=O) groups excluding carboxylic acids is 1. The van der Waals surface area contributed by atoms with Gasteiger partial charge in [0.15, 0.2) is 0 Å². The second-order valence-electron chi connectivity index (χ2n) is 17.5. The van der Waals surface area contributed by atoms with Gasteiger partial charge in [-0.2, -0.15) is 0 Å². The minimum atomic E-state index is -4.52. The molecule has 61 heavy (non-hydrogen) atoms. The highest BCUT2D eigenvalue weighted by atomic mass is 31.2. The third kappa shape index (κ3) is 48.2. The van der Waals surface area contributed by atoms with E-state index in [1.54, 1.807) is 0 Å². The summed E-state index contributed by atoms with van der Waals surface area (Å²) in [4.78, 5) is 22.7. The number of ether oxygens (including phenoxy) is 2. The molecule has 0 aromatic carbocycles. The van der Waals surface area contributed by atoms with Gasteiger partial charge in [0, 0.05) is 13.0 Å². The Morgan fingerprint density at radius 3 is 1.31 bits per heavy atom. The number of allylic oxidation sites excluding steroid dienone is 4. The Labute approximate surface area is 376 Å². The molecular weight excluding hydrogens is 788 g/mol. The lowest BCUT2D eigenvalue weighted by atomic mass is 10.0. The normalized spacial score (nSPS) is 14.0. The lowest BCUT2D eigenvalue weighted by Crippen LogP contribution is -2.29. The summed E-state index contributed by atoms with van der Waals surface area (Å²) in [5, 5.41) is 18.4. The van der Waals surface area contributed by atoms with E-state index in [2.05, 4.69) is 38.2 Å². The van der Waals surface area contributed by atoms with Crippen LogP contribution in [0, 0.1) is 0 Å². The van der Waals surface area contributed by atoms with Gasteiger partial charge in [0.25, 0.3) is 0 Å². The highest BCUT2D eigenvalue weighted by Crippen LogP contribution is 2.43. The maximum Gasteiger partial charge on any atom is 0.472 e. The molecule has 0 fully saturated rings. The van der Waals surface area contributed by atoms with E-state index in [1.165, 1.54) is 193 Å². The molecule has 0 heterocycles. The Morgan fingerprint density at radius 1 is 0.508 bits per heavy atom. The van der Waals surface area contributed by atoms with Crippen LogP contribution in [0.15, 0.2) is 24.3 Å². The molecule has 0 aliphatic carbocycles. The lowest BCUT2D eigenvalue weighted by molar-refractivity contribution is -0.154. The van der Waals surface area contributed by atoms with Crippen molar-refractivity contribution in [2.24, 2.45) is 0 Å². The van der Waals surface area contributed by atoms with Crippen molar-refractivity contribution in [1.82, 2.24) is 0 Å². The van der Waals surface area contributed by atoms with Crippen LogP contribution in [0.5, 0.6) is 0 Å². The summed E-state index contributed by atoms with van der Waals surface area (Å²) in [5.41, 5.74) is 0. The van der Waals surface area contributed by atoms with Crippen molar-refractivity contribution in [3.63, 3.8) is 0 Å². The van der Waals surface area contributed by atoms with Crippen molar-refractivity contribution in [1.29, 1.82) is 0 Å². The molecule has 0 spiro atoms. The van der Waals surface area contributed by atoms with Crippen LogP contribution in [-0.4, -0.2) is 66.3 Å². The number of phosphoric acid groups is 1. The monoisotopic (exact) mass is 887 g/mol. The molecule has 0 saturated carbocycles. The van der Waals surface area contributed by atoms with Crippen molar-refractivity contribution in [2.75, 3.05) is 33.0 Å². The van der Waals surface area contributed by atoms with Gasteiger partial charge in [-0.25, -0.2) is 4.57 Å². The van der Waals surface area contributed by atoms with Crippen LogP contribution in [0.3, 0.4) is 0 Å². The number of hydrogen-bond acceptors (Lipinski definition) is 8. The van der Waals surface area contributed by atoms with Crippen molar-refractivity contribution in [2.45, 2.75) is 264 Å². The predicted octanol–water partition coefficient (Wildman–Crippen LogP) is 15.0. The minimum absolute atomic E-state index is 0.0537. The molecule has 0 bridgehead atoms. The molecular formula is C51H99O9P. The van der Waals surface area contributed by atoms with Crippen LogP contribution in [0.2, 0.25) is 0 Å². The zero-order valence-electron chi connectivity index (χ0n) is 39.9. The van der Waals surface area contributed by atoms with Gasteiger partial charge in [0.1, 0.15) is 12.2 Å². The summed E-state index contributed by atoms with van der Waals surface area (Å²) in [5.74, 6) is -0.379. The van der Waals surface area contributed by atoms with Gasteiger partial charge in [-0.15, -0.1) is 0 Å². The van der Waals surface area contributed by atoms with Gasteiger partial charge in [0.05, 0.1) is 26.4 Å². The first-order valence-electron chi connectivity index (χ1n) is 25.8. The van der Waals surface area contributed by atoms with E-state index in [0.29, 0.717) is 6.61 Å². The number of aliphatic hydroxyl groups is 2. The molecule has 0 aromatic rings. The van der Waals surface area contributed by atoms with Gasteiger partial charge >= 0.3 is 13.8 Å². The number of unbranched alkanes of at least 4 members (excludes halogenated alkanes) is 32. The molecule has 362 valence electrons. The molecule has 0 aromatic heterocycles. The number of carbonyl (C=O) groups is 1. The summed E-state index contributed by atoms with van der Waals surface area (Å²) in [6.07, 6.45) is 52.8. The summed E-state index contributed by atoms with van der Waals surface area (Å²) >= 11 is 0. The summed E-state index contributed by atoms with van der Waals surface area (Å²) in [6.45, 7) is 3.57. The average Bonchev–Trinajstić information content (AvgIpc) is 3.25. The third-order valence-corrected chi connectivity index (χ3v) is 12.3. The van der Waals surface area contributed by atoms with E-state index in [0.717, 1.165) is 38.5 Å². The third-order valence-electron chi connectivity index (χ3n) is 11.4. The van der Waals surface area contributed by atoms with Crippen LogP contribution >= 0.6 is 7.82 Å². The van der Waals surface area contributed by atoms with Gasteiger partial charge in [0.2, 0.25) is 0 Å². The van der Waals surface area contributed by atoms with E-state index < -0.39 is 33.2 Å². The maximum absolute atomic E-state index is 12.7. The lowest BCUT2D eigenvalue weighted by Gasteiger charge is -2.20. The zero-order valence-corrected chi connectivity index (χ0v) is 40.8. The van der Waals surface area contributed by atoms with Gasteiger partial charge in [-0.1, -0.05) is 224 Å². The first-order chi connectivity index (χ1) is 29.8. The first-order valence-corrected chi connectivity index (χ1v) is 27.3. The maximum atomic E-state index is 12.7. The molecule has 0 radical (unpaired) electrons. The second kappa shape index (κ2) is 48.4. The molecule has 0 aliphatic rings. The average molecular weight is 887 g/mol. The van der Waals surface area contributed by atoms with Crippen LogP contribution < -0.4 is 0 Å². The van der Waals surface area contributed by atoms with Crippen molar-refractivity contribution in [3.05, 3.63) is 24.3 Å². The van der Waals surface area contributed by atoms with E-state index in [1.807, 2.05) is 0 Å². The van der Waals surface area contributed by atoms with Crippen molar-refractivity contribution in [3.8, 4) is 0 Å². The fraction of sp³-hybridized carbons (Fsp3) is 0.902. The Kier molecular flexibility index (Phi) is 47.6. The van der Waals surface area contributed by atoms with E-state index in [-0.39, 0.29) is 25.6 Å². The molecule has 0 aliphatic heterocycles. The number of esters is 1. The SMILES string of the molecule is CCCCCCC/C=C\C/C=C\CCCCCCCCCCCCCC(=O)OC(COCCCCCCCCCCCCCCCCCCC)COP(=O)(O)OCC(O)CO. The fourth-order valence-corrected chi connectivity index (χ4v) is 8.24. The van der Waals surface area contributed by atoms with Gasteiger partial charge < -0.3 is 24.6 Å². The van der Waals surface area contributed by atoms with Crippen LogP contribution in [-0.2, 0) is 27.9 Å². The molecule has 10 heteroatoms. The topological polar surface area (TPSA) is 132 Å². The molecule has 0 saturated heterocycles. The standard InChI is InChI=1S/C51H99O9P/c1-3-5-7-9-11-13-15-17-19-21-22-23-24-25-26-27-29-31-33-35-37-39-41-43-51(54)60-50(48-59-61(55,56)58-46-49(53)45-52)47-57-44-42-40-38-36-34-32-30-28-20-18-16-14-12-10-8-6-4-2/h15,17,21-22,49-50,52-53H,3-14,16,18-20,23-48H2,1-2H3,(H,55,56)/b17-15-,22-21-. The molecule has 9 nitrogen and oxygen atoms in total. The molecule has 0 rings (SSSR count). The van der Waals surface area contributed by atoms with Crippen molar-refractivity contribution >= 4 is 13.8 Å². The fourth-order valence-electron chi connectivity index (χ4n) is 7.45. The number of phosphoric ester groups is 1. The predicted molar refractivity (Wildman–Crippen MR) is 256 cm³/mol. The Balaban J connectivity index is 4.04. The summed E-state index contributed by atoms with van der Waals surface area (Å²) < 4.78 is 33.5. The van der Waals surface area contributed by atoms with E-state index >= 15 is 0 Å². The Hall–Kier alpha value is -1.06. The van der Waals surface area contributed by atoms with E-state index in [4.69, 9.17) is 23.6 Å². The quantitative estimate of drug-likeness (QED) is 0.0236. The molecule has 3 N–H and O–H groups in total. The van der Waals surface area contributed by atoms with Crippen molar-refractivity contribution < 1.29 is 43.0 Å². The highest BCUT2D eigenvalue weighted by Gasteiger charge is 2.26. The Bertz CT molecular complexity index is 1010. The van der Waals surface area contributed by atoms with E-state index in [9.17, 15) is 19.4 Å². The smallest absolute Gasteiger partial charge is 0.457 e. The van der Waals surface area contributed by atoms with Gasteiger partial charge in [-0.3, -0.25) is 13.8 Å². The van der Waals surface area contributed by atoms with Gasteiger partial charge in [-0.05, 0) is 44.9 Å². The van der Waals surface area contributed by atoms with Crippen LogP contribution in [0.25, 0.3) is 0 Å². The number of rotatable bonds is 50. The molecule has 3 unspecified atom stereocenters. The number of aliphatic hydroxyl groups excluding tert-OH is 2. The first kappa shape index (κ1) is 59.9. The summed E-state index contributed by atoms with van der Waals surface area (Å²) in [6, 6.07) is 0. The number of hydrogen-bond donors (Lipinski definition) is 3. The molecule has 0 amide bonds. The summed E-state index contributed by atoms with van der Waals surface area (Å²) in [7, 11) is -4.52.